The molecule has 0 rings (SSSR count). The van der Waals surface area contributed by atoms with Crippen LogP contribution in [0.15, 0.2) is 0 Å². The number of carbonyl (C=O) groups is 2. The van der Waals surface area contributed by atoms with Gasteiger partial charge in [-0.1, -0.05) is 13.8 Å². The molecular weight excluding hydrogens is 220 g/mol. The molecule has 0 bridgehead atoms. The smallest absolute Gasteiger partial charge is 0.317 e. The molecule has 100 valence electrons. The zero-order valence-electron chi connectivity index (χ0n) is 11.0. The molecule has 0 aliphatic rings. The number of hydrogen-bond acceptors (Lipinski definition) is 2. The van der Waals surface area contributed by atoms with E-state index in [1.54, 1.807) is 0 Å². The Balaban J connectivity index is 3.80. The first kappa shape index (κ1) is 15.7. The van der Waals surface area contributed by atoms with Gasteiger partial charge in [0.05, 0.1) is 6.42 Å². The maximum absolute atomic E-state index is 11.7. The topological polar surface area (TPSA) is 69.6 Å². The van der Waals surface area contributed by atoms with Crippen LogP contribution >= 0.6 is 0 Å². The second-order valence-electron chi connectivity index (χ2n) is 4.49. The van der Waals surface area contributed by atoms with Crippen LogP contribution in [0.1, 0.15) is 40.0 Å². The zero-order chi connectivity index (χ0) is 13.3. The van der Waals surface area contributed by atoms with Gasteiger partial charge in [0, 0.05) is 19.6 Å². The fourth-order valence-corrected chi connectivity index (χ4v) is 1.45. The highest BCUT2D eigenvalue weighted by molar-refractivity contribution is 5.75. The van der Waals surface area contributed by atoms with Crippen molar-refractivity contribution in [3.05, 3.63) is 0 Å². The van der Waals surface area contributed by atoms with Gasteiger partial charge in [-0.3, -0.25) is 4.79 Å². The lowest BCUT2D eigenvalue weighted by Crippen LogP contribution is -2.41. The molecule has 0 saturated carbocycles. The Labute approximate surface area is 103 Å². The first-order valence-electron chi connectivity index (χ1n) is 6.22. The van der Waals surface area contributed by atoms with Gasteiger partial charge >= 0.3 is 12.0 Å². The number of nitrogens with zero attached hydrogens (tertiary/aromatic N) is 1. The summed E-state index contributed by atoms with van der Waals surface area (Å²) in [6, 6.07) is -0.169. The summed E-state index contributed by atoms with van der Waals surface area (Å²) in [7, 11) is 0. The maximum Gasteiger partial charge on any atom is 0.317 e. The second-order valence-corrected chi connectivity index (χ2v) is 4.49. The van der Waals surface area contributed by atoms with Crippen LogP contribution in [-0.2, 0) is 4.79 Å². The number of carbonyl (C=O) groups excluding carboxylic acids is 1. The minimum atomic E-state index is -0.879. The fourth-order valence-electron chi connectivity index (χ4n) is 1.45. The van der Waals surface area contributed by atoms with Crippen LogP contribution < -0.4 is 5.32 Å². The second kappa shape index (κ2) is 8.84. The Hall–Kier alpha value is -1.26. The molecule has 0 atom stereocenters. The third kappa shape index (κ3) is 8.54. The van der Waals surface area contributed by atoms with Crippen molar-refractivity contribution in [3.63, 3.8) is 0 Å². The van der Waals surface area contributed by atoms with E-state index in [9.17, 15) is 9.59 Å². The number of carboxylic acids is 1. The number of rotatable bonds is 8. The molecule has 0 aliphatic carbocycles. The molecule has 0 aromatic carbocycles. The number of hydrogen-bond donors (Lipinski definition) is 2. The van der Waals surface area contributed by atoms with Crippen molar-refractivity contribution in [1.82, 2.24) is 10.2 Å². The van der Waals surface area contributed by atoms with Crippen LogP contribution in [0.25, 0.3) is 0 Å². The van der Waals surface area contributed by atoms with E-state index in [-0.39, 0.29) is 19.0 Å². The van der Waals surface area contributed by atoms with Crippen molar-refractivity contribution in [2.45, 2.75) is 40.0 Å². The van der Waals surface area contributed by atoms with Gasteiger partial charge in [-0.25, -0.2) is 4.79 Å². The van der Waals surface area contributed by atoms with Gasteiger partial charge in [0.15, 0.2) is 0 Å². The van der Waals surface area contributed by atoms with Crippen molar-refractivity contribution in [1.29, 1.82) is 0 Å². The van der Waals surface area contributed by atoms with E-state index < -0.39 is 5.97 Å². The summed E-state index contributed by atoms with van der Waals surface area (Å²) in [5, 5.41) is 11.4. The highest BCUT2D eigenvalue weighted by Crippen LogP contribution is 2.02. The molecule has 0 aromatic rings. The van der Waals surface area contributed by atoms with Crippen LogP contribution in [0.2, 0.25) is 0 Å². The molecule has 0 saturated heterocycles. The summed E-state index contributed by atoms with van der Waals surface area (Å²) >= 11 is 0. The first-order chi connectivity index (χ1) is 7.97. The molecule has 0 spiro atoms. The van der Waals surface area contributed by atoms with Gasteiger partial charge in [0.1, 0.15) is 0 Å². The molecule has 0 unspecified atom stereocenters. The van der Waals surface area contributed by atoms with Crippen molar-refractivity contribution in [3.8, 4) is 0 Å². The predicted octanol–water partition coefficient (Wildman–Crippen LogP) is 1.93. The fraction of sp³-hybridized carbons (Fsp3) is 0.833. The van der Waals surface area contributed by atoms with Crippen LogP contribution in [-0.4, -0.2) is 41.6 Å². The Morgan fingerprint density at radius 2 is 2.00 bits per heavy atom. The largest absolute Gasteiger partial charge is 0.481 e. The lowest BCUT2D eigenvalue weighted by Gasteiger charge is -2.20. The molecule has 17 heavy (non-hydrogen) atoms. The average molecular weight is 244 g/mol. The van der Waals surface area contributed by atoms with Gasteiger partial charge in [-0.2, -0.15) is 0 Å². The highest BCUT2D eigenvalue weighted by atomic mass is 16.4. The van der Waals surface area contributed by atoms with Crippen molar-refractivity contribution in [2.75, 3.05) is 19.6 Å². The van der Waals surface area contributed by atoms with Crippen molar-refractivity contribution >= 4 is 12.0 Å². The number of nitrogens with one attached hydrogen (secondary N) is 1. The summed E-state index contributed by atoms with van der Waals surface area (Å²) in [5.41, 5.74) is 0. The van der Waals surface area contributed by atoms with Gasteiger partial charge in [0.2, 0.25) is 0 Å². The summed E-state index contributed by atoms with van der Waals surface area (Å²) in [4.78, 5) is 23.6. The molecule has 2 N–H and O–H groups in total. The number of aliphatic carboxylic acids is 1. The Morgan fingerprint density at radius 3 is 2.47 bits per heavy atom. The first-order valence-corrected chi connectivity index (χ1v) is 6.22. The molecule has 0 aromatic heterocycles. The van der Waals surface area contributed by atoms with Crippen LogP contribution in [0, 0.1) is 5.92 Å². The molecule has 5 nitrogen and oxygen atoms in total. The summed E-state index contributed by atoms with van der Waals surface area (Å²) < 4.78 is 0. The van der Waals surface area contributed by atoms with Crippen LogP contribution in [0.5, 0.6) is 0 Å². The van der Waals surface area contributed by atoms with E-state index in [2.05, 4.69) is 19.2 Å². The number of carboxylic acid groups (broad SMARTS) is 1. The summed E-state index contributed by atoms with van der Waals surface area (Å²) in [6.07, 6.45) is 2.04. The number of amides is 2. The molecule has 0 radical (unpaired) electrons. The minimum absolute atomic E-state index is 0.00669. The summed E-state index contributed by atoms with van der Waals surface area (Å²) in [6.45, 7) is 7.58. The monoisotopic (exact) mass is 244 g/mol. The van der Waals surface area contributed by atoms with Gasteiger partial charge < -0.3 is 15.3 Å². The van der Waals surface area contributed by atoms with Crippen LogP contribution in [0.3, 0.4) is 0 Å². The zero-order valence-corrected chi connectivity index (χ0v) is 11.0. The molecule has 2 amide bonds. The third-order valence-electron chi connectivity index (χ3n) is 2.50. The van der Waals surface area contributed by atoms with Crippen molar-refractivity contribution in [2.24, 2.45) is 5.92 Å². The van der Waals surface area contributed by atoms with E-state index in [1.807, 2.05) is 6.92 Å². The average Bonchev–Trinajstić information content (AvgIpc) is 2.24. The molecule has 0 heterocycles. The molecule has 0 aliphatic heterocycles. The molecule has 0 fully saturated rings. The van der Waals surface area contributed by atoms with Gasteiger partial charge in [-0.15, -0.1) is 0 Å². The van der Waals surface area contributed by atoms with E-state index in [1.165, 1.54) is 4.90 Å². The van der Waals surface area contributed by atoms with E-state index >= 15 is 0 Å². The lowest BCUT2D eigenvalue weighted by atomic mass is 10.1. The highest BCUT2D eigenvalue weighted by Gasteiger charge is 2.11. The van der Waals surface area contributed by atoms with Gasteiger partial charge in [-0.05, 0) is 25.7 Å². The Morgan fingerprint density at radius 1 is 1.35 bits per heavy atom. The SMILES string of the molecule is CCN(CCC(=O)O)C(=O)NCCCC(C)C. The Bertz CT molecular complexity index is 242. The third-order valence-corrected chi connectivity index (χ3v) is 2.50. The van der Waals surface area contributed by atoms with E-state index in [0.29, 0.717) is 19.0 Å². The quantitative estimate of drug-likeness (QED) is 0.641. The molecular formula is C12H24N2O3. The minimum Gasteiger partial charge on any atom is -0.481 e. The Kier molecular flexibility index (Phi) is 8.19. The predicted molar refractivity (Wildman–Crippen MR) is 67.0 cm³/mol. The summed E-state index contributed by atoms with van der Waals surface area (Å²) in [5.74, 6) is -0.239. The van der Waals surface area contributed by atoms with E-state index in [0.717, 1.165) is 12.8 Å². The van der Waals surface area contributed by atoms with Gasteiger partial charge in [0.25, 0.3) is 0 Å². The standard InChI is InChI=1S/C12H24N2O3/c1-4-14(9-7-11(15)16)12(17)13-8-5-6-10(2)3/h10H,4-9H2,1-3H3,(H,13,17)(H,15,16). The normalized spacial score (nSPS) is 10.4. The van der Waals surface area contributed by atoms with Crippen LogP contribution in [0.4, 0.5) is 4.79 Å². The maximum atomic E-state index is 11.7. The molecule has 5 heteroatoms. The lowest BCUT2D eigenvalue weighted by molar-refractivity contribution is -0.137. The van der Waals surface area contributed by atoms with E-state index in [4.69, 9.17) is 5.11 Å². The number of urea groups is 1. The van der Waals surface area contributed by atoms with Crippen molar-refractivity contribution < 1.29 is 14.7 Å².